The Morgan fingerprint density at radius 2 is 2.00 bits per heavy atom. The molecule has 7 nitrogen and oxygen atoms in total. The minimum atomic E-state index is -0.569. The minimum absolute atomic E-state index is 0.219. The predicted octanol–water partition coefficient (Wildman–Crippen LogP) is 2.86. The van der Waals surface area contributed by atoms with Crippen molar-refractivity contribution < 1.29 is 19.1 Å². The van der Waals surface area contributed by atoms with E-state index in [0.29, 0.717) is 11.3 Å². The van der Waals surface area contributed by atoms with E-state index in [4.69, 9.17) is 9.47 Å². The van der Waals surface area contributed by atoms with Gasteiger partial charge in [-0.25, -0.2) is 14.6 Å². The second-order valence-electron chi connectivity index (χ2n) is 5.66. The van der Waals surface area contributed by atoms with Gasteiger partial charge in [0.25, 0.3) is 0 Å². The van der Waals surface area contributed by atoms with Crippen molar-refractivity contribution in [3.63, 3.8) is 0 Å². The zero-order chi connectivity index (χ0) is 16.3. The summed E-state index contributed by atoms with van der Waals surface area (Å²) < 4.78 is 11.7. The first-order valence-corrected chi connectivity index (χ1v) is 6.94. The Hall–Kier alpha value is -2.57. The monoisotopic (exact) mass is 305 g/mol. The fourth-order valence-electron chi connectivity index (χ4n) is 1.79. The van der Waals surface area contributed by atoms with Crippen LogP contribution in [-0.4, -0.2) is 33.7 Å². The van der Waals surface area contributed by atoms with Crippen LogP contribution in [0.25, 0.3) is 5.65 Å². The number of hydrogen-bond acceptors (Lipinski definition) is 5. The van der Waals surface area contributed by atoms with E-state index in [1.807, 2.05) is 0 Å². The van der Waals surface area contributed by atoms with E-state index in [0.717, 1.165) is 0 Å². The van der Waals surface area contributed by atoms with Gasteiger partial charge in [-0.05, 0) is 39.8 Å². The second kappa shape index (κ2) is 6.05. The number of nitrogens with one attached hydrogen (secondary N) is 1. The normalized spacial score (nSPS) is 11.3. The average molecular weight is 305 g/mol. The first-order chi connectivity index (χ1) is 10.3. The number of fused-ring (bicyclic) bond motifs is 1. The van der Waals surface area contributed by atoms with Gasteiger partial charge in [0, 0.05) is 12.4 Å². The number of carbonyl (C=O) groups excluding carboxylic acids is 2. The fraction of sp³-hybridized carbons (Fsp3) is 0.400. The van der Waals surface area contributed by atoms with E-state index in [2.05, 4.69) is 10.3 Å². The lowest BCUT2D eigenvalue weighted by Gasteiger charge is -2.19. The van der Waals surface area contributed by atoms with Gasteiger partial charge in [-0.2, -0.15) is 0 Å². The molecule has 0 radical (unpaired) electrons. The highest BCUT2D eigenvalue weighted by Crippen LogP contribution is 2.14. The number of esters is 1. The Labute approximate surface area is 128 Å². The lowest BCUT2D eigenvalue weighted by atomic mass is 10.2. The quantitative estimate of drug-likeness (QED) is 0.882. The maximum absolute atomic E-state index is 11.7. The molecule has 2 aromatic heterocycles. The van der Waals surface area contributed by atoms with Crippen molar-refractivity contribution in [1.82, 2.24) is 9.38 Å². The van der Waals surface area contributed by atoms with Crippen molar-refractivity contribution in [2.45, 2.75) is 33.3 Å². The highest BCUT2D eigenvalue weighted by molar-refractivity contribution is 5.88. The van der Waals surface area contributed by atoms with E-state index in [1.54, 1.807) is 56.6 Å². The van der Waals surface area contributed by atoms with Gasteiger partial charge in [0.05, 0.1) is 12.3 Å². The summed E-state index contributed by atoms with van der Waals surface area (Å²) in [5.74, 6) is -0.479. The summed E-state index contributed by atoms with van der Waals surface area (Å²) in [4.78, 5) is 27.5. The number of pyridine rings is 1. The van der Waals surface area contributed by atoms with E-state index in [-0.39, 0.29) is 12.3 Å². The van der Waals surface area contributed by atoms with Crippen LogP contribution < -0.4 is 5.32 Å². The number of imidazole rings is 1. The minimum Gasteiger partial charge on any atom is -0.461 e. The third-order valence-electron chi connectivity index (χ3n) is 2.58. The molecule has 118 valence electrons. The molecule has 0 saturated carbocycles. The molecule has 1 amide bonds. The Morgan fingerprint density at radius 1 is 1.27 bits per heavy atom. The van der Waals surface area contributed by atoms with Crippen LogP contribution in [0.4, 0.5) is 10.5 Å². The van der Waals surface area contributed by atoms with Crippen molar-refractivity contribution in [3.05, 3.63) is 30.2 Å². The summed E-state index contributed by atoms with van der Waals surface area (Å²) in [7, 11) is 0. The molecule has 0 saturated heterocycles. The van der Waals surface area contributed by atoms with Gasteiger partial charge in [-0.1, -0.05) is 0 Å². The summed E-state index contributed by atoms with van der Waals surface area (Å²) in [6, 6.07) is 3.37. The van der Waals surface area contributed by atoms with E-state index in [9.17, 15) is 9.59 Å². The van der Waals surface area contributed by atoms with Crippen LogP contribution in [-0.2, 0) is 9.47 Å². The Morgan fingerprint density at radius 3 is 2.64 bits per heavy atom. The van der Waals surface area contributed by atoms with Crippen LogP contribution in [0.2, 0.25) is 0 Å². The fourth-order valence-corrected chi connectivity index (χ4v) is 1.79. The zero-order valence-corrected chi connectivity index (χ0v) is 13.0. The van der Waals surface area contributed by atoms with Crippen LogP contribution in [0.5, 0.6) is 0 Å². The molecule has 0 aliphatic rings. The first-order valence-electron chi connectivity index (χ1n) is 6.94. The number of aromatic nitrogens is 2. The van der Waals surface area contributed by atoms with Crippen molar-refractivity contribution in [3.8, 4) is 0 Å². The summed E-state index contributed by atoms with van der Waals surface area (Å²) in [6.45, 7) is 7.39. The van der Waals surface area contributed by atoms with Crippen LogP contribution in [0.15, 0.2) is 24.5 Å². The maximum Gasteiger partial charge on any atom is 0.412 e. The van der Waals surface area contributed by atoms with Crippen molar-refractivity contribution in [1.29, 1.82) is 0 Å². The first kappa shape index (κ1) is 15.8. The molecule has 2 aromatic rings. The molecule has 0 atom stereocenters. The Balaban J connectivity index is 2.16. The van der Waals surface area contributed by atoms with Gasteiger partial charge < -0.3 is 13.9 Å². The zero-order valence-electron chi connectivity index (χ0n) is 13.0. The van der Waals surface area contributed by atoms with E-state index < -0.39 is 17.7 Å². The molecule has 2 heterocycles. The Kier molecular flexibility index (Phi) is 4.35. The lowest BCUT2D eigenvalue weighted by molar-refractivity contribution is 0.0519. The van der Waals surface area contributed by atoms with Crippen LogP contribution in [0.1, 0.15) is 38.2 Å². The third-order valence-corrected chi connectivity index (χ3v) is 2.58. The lowest BCUT2D eigenvalue weighted by Crippen LogP contribution is -2.27. The maximum atomic E-state index is 11.7. The second-order valence-corrected chi connectivity index (χ2v) is 5.66. The molecule has 0 fully saturated rings. The van der Waals surface area contributed by atoms with E-state index >= 15 is 0 Å². The van der Waals surface area contributed by atoms with Gasteiger partial charge in [-0.3, -0.25) is 5.32 Å². The summed E-state index contributed by atoms with van der Waals surface area (Å²) in [5, 5.41) is 2.63. The van der Waals surface area contributed by atoms with Gasteiger partial charge in [0.15, 0.2) is 5.69 Å². The Bertz CT molecular complexity index is 700. The number of amides is 1. The molecular weight excluding hydrogens is 286 g/mol. The van der Waals surface area contributed by atoms with Crippen molar-refractivity contribution in [2.24, 2.45) is 0 Å². The van der Waals surface area contributed by atoms with E-state index in [1.165, 1.54) is 0 Å². The predicted molar refractivity (Wildman–Crippen MR) is 81.0 cm³/mol. The molecule has 0 spiro atoms. The number of ether oxygens (including phenoxy) is 2. The molecule has 7 heteroatoms. The molecule has 1 N–H and O–H groups in total. The molecule has 0 unspecified atom stereocenters. The van der Waals surface area contributed by atoms with Crippen LogP contribution >= 0.6 is 0 Å². The van der Waals surface area contributed by atoms with Crippen molar-refractivity contribution >= 4 is 23.4 Å². The molecule has 0 bridgehead atoms. The van der Waals surface area contributed by atoms with Gasteiger partial charge in [0.2, 0.25) is 0 Å². The third kappa shape index (κ3) is 3.97. The van der Waals surface area contributed by atoms with Gasteiger partial charge in [-0.15, -0.1) is 0 Å². The van der Waals surface area contributed by atoms with Gasteiger partial charge >= 0.3 is 12.1 Å². The number of hydrogen-bond donors (Lipinski definition) is 1. The van der Waals surface area contributed by atoms with Crippen LogP contribution in [0.3, 0.4) is 0 Å². The molecule has 0 aliphatic heterocycles. The highest BCUT2D eigenvalue weighted by Gasteiger charge is 2.17. The number of anilines is 1. The summed E-state index contributed by atoms with van der Waals surface area (Å²) in [5.41, 5.74) is 0.768. The van der Waals surface area contributed by atoms with Crippen molar-refractivity contribution in [2.75, 3.05) is 11.9 Å². The molecule has 0 aromatic carbocycles. The number of rotatable bonds is 3. The number of nitrogens with zero attached hydrogens (tertiary/aromatic N) is 2. The average Bonchev–Trinajstić information content (AvgIpc) is 2.79. The molecule has 22 heavy (non-hydrogen) atoms. The molecule has 0 aliphatic carbocycles. The highest BCUT2D eigenvalue weighted by atomic mass is 16.6. The SMILES string of the molecule is CCOC(=O)c1cn2cc(NC(=O)OC(C)(C)C)ccc2n1. The summed E-state index contributed by atoms with van der Waals surface area (Å²) in [6.07, 6.45) is 2.65. The largest absolute Gasteiger partial charge is 0.461 e. The smallest absolute Gasteiger partial charge is 0.412 e. The molecular formula is C15H19N3O4. The molecule has 2 rings (SSSR count). The number of carbonyl (C=O) groups is 2. The standard InChI is InChI=1S/C15H19N3O4/c1-5-21-13(19)11-9-18-8-10(6-7-12(18)17-11)16-14(20)22-15(2,3)4/h6-9H,5H2,1-4H3,(H,16,20). The summed E-state index contributed by atoms with van der Waals surface area (Å²) >= 11 is 0. The van der Waals surface area contributed by atoms with Gasteiger partial charge in [0.1, 0.15) is 11.2 Å². The van der Waals surface area contributed by atoms with Crippen LogP contribution in [0, 0.1) is 0 Å². The topological polar surface area (TPSA) is 81.9 Å².